The molecule has 37 heavy (non-hydrogen) atoms. The summed E-state index contributed by atoms with van der Waals surface area (Å²) in [5.41, 5.74) is 2.87. The number of carbonyl (C=O) groups excluding carboxylic acids is 1. The first-order valence-corrected chi connectivity index (χ1v) is 11.9. The van der Waals surface area contributed by atoms with Crippen LogP contribution in [0.4, 0.5) is 0 Å². The van der Waals surface area contributed by atoms with Gasteiger partial charge < -0.3 is 28.4 Å². The first-order chi connectivity index (χ1) is 18.0. The maximum atomic E-state index is 12.8. The lowest BCUT2D eigenvalue weighted by Crippen LogP contribution is -2.26. The number of ether oxygens (including phenoxy) is 6. The lowest BCUT2D eigenvalue weighted by atomic mass is 9.88. The number of methoxy groups -OCH3 is 4. The molecule has 0 radical (unpaired) electrons. The number of esters is 1. The Hall–Kier alpha value is -4.05. The van der Waals surface area contributed by atoms with E-state index in [1.54, 1.807) is 25.3 Å². The maximum absolute atomic E-state index is 12.8. The monoisotopic (exact) mass is 507 g/mol. The quantitative estimate of drug-likeness (QED) is 0.244. The number of fused-ring (bicyclic) bond motifs is 2. The lowest BCUT2D eigenvalue weighted by Gasteiger charge is -2.26. The van der Waals surface area contributed by atoms with Gasteiger partial charge in [-0.15, -0.1) is 5.10 Å². The molecule has 1 saturated heterocycles. The van der Waals surface area contributed by atoms with Crippen LogP contribution in [0.25, 0.3) is 6.08 Å². The van der Waals surface area contributed by atoms with Crippen molar-refractivity contribution in [1.82, 2.24) is 15.0 Å². The van der Waals surface area contributed by atoms with Gasteiger partial charge in [-0.3, -0.25) is 0 Å². The Bertz CT molecular complexity index is 1290. The van der Waals surface area contributed by atoms with Gasteiger partial charge in [0.1, 0.15) is 28.8 Å². The zero-order chi connectivity index (χ0) is 26.0. The molecule has 10 nitrogen and oxygen atoms in total. The Balaban J connectivity index is 1.33. The summed E-state index contributed by atoms with van der Waals surface area (Å²) in [6, 6.07) is 11.3. The highest BCUT2D eigenvalue weighted by molar-refractivity contribution is 5.87. The zero-order valence-corrected chi connectivity index (χ0v) is 21.2. The van der Waals surface area contributed by atoms with Crippen LogP contribution in [0.2, 0.25) is 0 Å². The summed E-state index contributed by atoms with van der Waals surface area (Å²) in [5.74, 6) is 1.78. The van der Waals surface area contributed by atoms with E-state index in [0.29, 0.717) is 48.1 Å². The summed E-state index contributed by atoms with van der Waals surface area (Å²) >= 11 is 0. The van der Waals surface area contributed by atoms with E-state index < -0.39 is 17.7 Å². The molecule has 5 rings (SSSR count). The van der Waals surface area contributed by atoms with Crippen molar-refractivity contribution in [2.24, 2.45) is 0 Å². The van der Waals surface area contributed by atoms with E-state index in [1.165, 1.54) is 27.4 Å². The average molecular weight is 508 g/mol. The van der Waals surface area contributed by atoms with Gasteiger partial charge in [-0.2, -0.15) is 0 Å². The number of rotatable bonds is 9. The van der Waals surface area contributed by atoms with Crippen LogP contribution in [-0.4, -0.2) is 56.0 Å². The second-order valence-corrected chi connectivity index (χ2v) is 8.87. The molecule has 194 valence electrons. The molecular formula is C27H29N3O7. The fourth-order valence-electron chi connectivity index (χ4n) is 4.67. The number of nitrogens with zero attached hydrogens (tertiary/aromatic N) is 3. The molecule has 1 aliphatic heterocycles. The highest BCUT2D eigenvalue weighted by Crippen LogP contribution is 2.51. The van der Waals surface area contributed by atoms with E-state index >= 15 is 0 Å². The molecule has 2 aliphatic rings. The first-order valence-electron chi connectivity index (χ1n) is 11.9. The second kappa shape index (κ2) is 10.1. The normalized spacial score (nSPS) is 19.9. The van der Waals surface area contributed by atoms with E-state index in [9.17, 15) is 4.79 Å². The Morgan fingerprint density at radius 3 is 2.38 bits per heavy atom. The van der Waals surface area contributed by atoms with Crippen molar-refractivity contribution in [3.63, 3.8) is 0 Å². The highest BCUT2D eigenvalue weighted by atomic mass is 16.6. The molecule has 0 saturated carbocycles. The van der Waals surface area contributed by atoms with Crippen molar-refractivity contribution in [2.75, 3.05) is 35.0 Å². The van der Waals surface area contributed by atoms with Crippen LogP contribution >= 0.6 is 0 Å². The summed E-state index contributed by atoms with van der Waals surface area (Å²) in [6.07, 6.45) is 3.84. The van der Waals surface area contributed by atoms with E-state index in [1.807, 2.05) is 28.9 Å². The summed E-state index contributed by atoms with van der Waals surface area (Å²) in [4.78, 5) is 12.8. The third kappa shape index (κ3) is 4.84. The number of carbonyl (C=O) groups is 1. The molecule has 2 aromatic carbocycles. The van der Waals surface area contributed by atoms with Crippen LogP contribution < -0.4 is 18.9 Å². The van der Waals surface area contributed by atoms with Gasteiger partial charge in [0.15, 0.2) is 11.5 Å². The maximum Gasteiger partial charge on any atom is 0.331 e. The number of aromatic nitrogens is 3. The predicted octanol–water partition coefficient (Wildman–Crippen LogP) is 3.68. The molecular weight excluding hydrogens is 478 g/mol. The molecule has 3 aromatic rings. The van der Waals surface area contributed by atoms with E-state index in [0.717, 1.165) is 23.4 Å². The molecule has 1 aromatic heterocycles. The van der Waals surface area contributed by atoms with E-state index in [4.69, 9.17) is 28.4 Å². The third-order valence-corrected chi connectivity index (χ3v) is 6.65. The Kier molecular flexibility index (Phi) is 6.75. The van der Waals surface area contributed by atoms with Crippen LogP contribution in [-0.2, 0) is 26.4 Å². The minimum Gasteiger partial charge on any atom is -0.497 e. The molecule has 0 bridgehead atoms. The summed E-state index contributed by atoms with van der Waals surface area (Å²) in [5, 5.41) is 8.78. The second-order valence-electron chi connectivity index (χ2n) is 8.87. The van der Waals surface area contributed by atoms with Crippen molar-refractivity contribution in [3.05, 3.63) is 65.0 Å². The van der Waals surface area contributed by atoms with Crippen LogP contribution in [0.3, 0.4) is 0 Å². The standard InChI is InChI=1S/C27H29N3O7/c1-32-19-8-5-17(6-9-19)15-30-26-24(28-29-30)20(11-12-27(26)16-36-27)37-23(31)10-7-18-13-21(33-2)25(35-4)22(14-18)34-3/h5-10,13-14,20H,11-12,15-16H2,1-4H3/t20-,27+/m1/s1. The van der Waals surface area contributed by atoms with Gasteiger partial charge in [-0.25, -0.2) is 9.48 Å². The van der Waals surface area contributed by atoms with Gasteiger partial charge in [-0.1, -0.05) is 17.3 Å². The fraction of sp³-hybridized carbons (Fsp3) is 0.370. The molecule has 10 heteroatoms. The molecule has 0 N–H and O–H groups in total. The van der Waals surface area contributed by atoms with Gasteiger partial charge in [0.25, 0.3) is 0 Å². The number of benzene rings is 2. The Morgan fingerprint density at radius 2 is 1.78 bits per heavy atom. The molecule has 2 heterocycles. The van der Waals surface area contributed by atoms with Crippen molar-refractivity contribution >= 4 is 12.0 Å². The van der Waals surface area contributed by atoms with Crippen LogP contribution in [0, 0.1) is 0 Å². The van der Waals surface area contributed by atoms with Crippen LogP contribution in [0.5, 0.6) is 23.0 Å². The van der Waals surface area contributed by atoms with E-state index in [2.05, 4.69) is 10.3 Å². The highest BCUT2D eigenvalue weighted by Gasteiger charge is 2.55. The molecule has 1 fully saturated rings. The minimum absolute atomic E-state index is 0.403. The molecule has 2 atom stereocenters. The molecule has 1 aliphatic carbocycles. The zero-order valence-electron chi connectivity index (χ0n) is 21.2. The van der Waals surface area contributed by atoms with E-state index in [-0.39, 0.29) is 0 Å². The van der Waals surface area contributed by atoms with Crippen LogP contribution in [0.15, 0.2) is 42.5 Å². The van der Waals surface area contributed by atoms with Crippen molar-refractivity contribution in [2.45, 2.75) is 31.1 Å². The Labute approximate surface area is 214 Å². The third-order valence-electron chi connectivity index (χ3n) is 6.65. The van der Waals surface area contributed by atoms with Crippen LogP contribution in [0.1, 0.15) is 41.5 Å². The van der Waals surface area contributed by atoms with Gasteiger partial charge in [0.05, 0.1) is 41.6 Å². The SMILES string of the molecule is COc1ccc(Cn2nnc3c2[C@]2(CC[C@H]3OC(=O)C=Cc3cc(OC)c(OC)c(OC)c3)CO2)cc1. The number of hydrogen-bond donors (Lipinski definition) is 0. The smallest absolute Gasteiger partial charge is 0.331 e. The number of hydrogen-bond acceptors (Lipinski definition) is 9. The predicted molar refractivity (Wildman–Crippen MR) is 133 cm³/mol. The summed E-state index contributed by atoms with van der Waals surface area (Å²) < 4.78 is 34.9. The molecule has 1 spiro atoms. The van der Waals surface area contributed by atoms with Crippen molar-refractivity contribution in [3.8, 4) is 23.0 Å². The molecule has 0 unspecified atom stereocenters. The topological polar surface area (TPSA) is 106 Å². The van der Waals surface area contributed by atoms with Crippen molar-refractivity contribution < 1.29 is 33.2 Å². The summed E-state index contributed by atoms with van der Waals surface area (Å²) in [6.45, 7) is 1.14. The average Bonchev–Trinajstić information content (AvgIpc) is 3.57. The number of epoxide rings is 1. The lowest BCUT2D eigenvalue weighted by molar-refractivity contribution is -0.144. The summed E-state index contributed by atoms with van der Waals surface area (Å²) in [7, 11) is 6.25. The van der Waals surface area contributed by atoms with Gasteiger partial charge in [-0.05, 0) is 54.3 Å². The minimum atomic E-state index is -0.508. The van der Waals surface area contributed by atoms with Gasteiger partial charge >= 0.3 is 5.97 Å². The van der Waals surface area contributed by atoms with Gasteiger partial charge in [0.2, 0.25) is 5.75 Å². The first kappa shape index (κ1) is 24.6. The largest absolute Gasteiger partial charge is 0.497 e. The van der Waals surface area contributed by atoms with Crippen molar-refractivity contribution in [1.29, 1.82) is 0 Å². The fourth-order valence-corrected chi connectivity index (χ4v) is 4.67. The Morgan fingerprint density at radius 1 is 1.08 bits per heavy atom. The molecule has 0 amide bonds. The van der Waals surface area contributed by atoms with Gasteiger partial charge in [0, 0.05) is 6.08 Å².